The van der Waals surface area contributed by atoms with Crippen LogP contribution in [0.5, 0.6) is 0 Å². The number of aromatic nitrogens is 3. The zero-order valence-corrected chi connectivity index (χ0v) is 27.9. The Morgan fingerprint density at radius 1 is 1.06 bits per heavy atom. The summed E-state index contributed by atoms with van der Waals surface area (Å²) in [5.41, 5.74) is -2.31. The first kappa shape index (κ1) is 34.8. The number of alkyl carbamates (subject to hydrolysis) is 1. The van der Waals surface area contributed by atoms with E-state index in [4.69, 9.17) is 4.74 Å². The number of carbonyl (C=O) groups is 2. The van der Waals surface area contributed by atoms with Crippen LogP contribution >= 0.6 is 11.3 Å². The Bertz CT molecular complexity index is 1880. The standard InChI is InChI=1S/C32H33F3N6O5S2/c1-31(2,3)46-30(43)36-16-20-8-7-15-41(18-20)27-23(39-28(42)24-19-47-29(40-24)21-13-14-37-38-17-21)11-12-25(26(27)32(33,34)35)48(44,45)22-9-5-4-6-10-22/h4-6,9-14,17,19-20H,7-8,15-16,18H2,1-3H3,(H,36,43)(H,39,42)/t20-/m0/s1. The fourth-order valence-corrected chi connectivity index (χ4v) is 7.61. The van der Waals surface area contributed by atoms with Crippen LogP contribution in [0.4, 0.5) is 29.3 Å². The third-order valence-electron chi connectivity index (χ3n) is 7.35. The lowest BCUT2D eigenvalue weighted by Crippen LogP contribution is -2.43. The number of carbonyl (C=O) groups excluding carboxylic acids is 2. The molecule has 3 heterocycles. The Kier molecular flexibility index (Phi) is 10.1. The van der Waals surface area contributed by atoms with E-state index < -0.39 is 49.8 Å². The van der Waals surface area contributed by atoms with Crippen molar-refractivity contribution < 1.29 is 35.9 Å². The summed E-state index contributed by atoms with van der Waals surface area (Å²) in [5, 5.41) is 14.7. The predicted molar refractivity (Wildman–Crippen MR) is 174 cm³/mol. The molecule has 5 rings (SSSR count). The molecule has 1 saturated heterocycles. The second kappa shape index (κ2) is 13.9. The van der Waals surface area contributed by atoms with Crippen LogP contribution in [0.1, 0.15) is 49.7 Å². The highest BCUT2D eigenvalue weighted by Gasteiger charge is 2.43. The van der Waals surface area contributed by atoms with Gasteiger partial charge in [0, 0.05) is 30.6 Å². The van der Waals surface area contributed by atoms with Crippen molar-refractivity contribution in [3.8, 4) is 10.6 Å². The van der Waals surface area contributed by atoms with Crippen molar-refractivity contribution >= 4 is 44.5 Å². The van der Waals surface area contributed by atoms with Crippen LogP contribution in [0.15, 0.2) is 76.1 Å². The molecule has 0 unspecified atom stereocenters. The van der Waals surface area contributed by atoms with Gasteiger partial charge >= 0.3 is 12.3 Å². The van der Waals surface area contributed by atoms with Gasteiger partial charge in [0.25, 0.3) is 5.91 Å². The average molecular weight is 703 g/mol. The van der Waals surface area contributed by atoms with E-state index in [1.165, 1.54) is 53.0 Å². The van der Waals surface area contributed by atoms with Crippen molar-refractivity contribution in [3.63, 3.8) is 0 Å². The lowest BCUT2D eigenvalue weighted by atomic mass is 9.96. The molecule has 4 aromatic rings. The topological polar surface area (TPSA) is 143 Å². The minimum absolute atomic E-state index is 0.0342. The Balaban J connectivity index is 1.55. The number of sulfone groups is 1. The fourth-order valence-electron chi connectivity index (χ4n) is 5.32. The minimum Gasteiger partial charge on any atom is -0.444 e. The number of nitrogens with one attached hydrogen (secondary N) is 2. The molecule has 0 spiro atoms. The van der Waals surface area contributed by atoms with E-state index in [2.05, 4.69) is 25.8 Å². The van der Waals surface area contributed by atoms with Gasteiger partial charge in [-0.25, -0.2) is 18.2 Å². The second-order valence-corrected chi connectivity index (χ2v) is 14.9. The van der Waals surface area contributed by atoms with E-state index in [1.807, 2.05) is 0 Å². The summed E-state index contributed by atoms with van der Waals surface area (Å²) < 4.78 is 78.1. The average Bonchev–Trinajstić information content (AvgIpc) is 3.54. The van der Waals surface area contributed by atoms with Gasteiger partial charge in [0.1, 0.15) is 16.3 Å². The van der Waals surface area contributed by atoms with Crippen LogP contribution in [-0.4, -0.2) is 60.8 Å². The first-order chi connectivity index (χ1) is 22.6. The summed E-state index contributed by atoms with van der Waals surface area (Å²) in [4.78, 5) is 30.2. The number of thiazole rings is 1. The van der Waals surface area contributed by atoms with Crippen LogP contribution in [-0.2, 0) is 20.8 Å². The number of piperidine rings is 1. The van der Waals surface area contributed by atoms with Gasteiger partial charge in [-0.05, 0) is 69.9 Å². The molecule has 1 aliphatic heterocycles. The summed E-state index contributed by atoms with van der Waals surface area (Å²) in [6.07, 6.45) is -1.85. The third-order valence-corrected chi connectivity index (χ3v) is 10.1. The Morgan fingerprint density at radius 3 is 2.48 bits per heavy atom. The highest BCUT2D eigenvalue weighted by Crippen LogP contribution is 2.47. The lowest BCUT2D eigenvalue weighted by Gasteiger charge is -2.37. The molecule has 0 aliphatic carbocycles. The molecule has 0 radical (unpaired) electrons. The Labute approximate surface area is 279 Å². The molecule has 48 heavy (non-hydrogen) atoms. The number of rotatable bonds is 8. The van der Waals surface area contributed by atoms with E-state index in [0.29, 0.717) is 23.4 Å². The maximum absolute atomic E-state index is 15.2. The molecular weight excluding hydrogens is 670 g/mol. The van der Waals surface area contributed by atoms with Gasteiger partial charge < -0.3 is 20.3 Å². The third kappa shape index (κ3) is 8.10. The number of amides is 2. The Morgan fingerprint density at radius 2 is 1.81 bits per heavy atom. The number of hydrogen-bond acceptors (Lipinski definition) is 10. The molecule has 16 heteroatoms. The number of alkyl halides is 3. The maximum atomic E-state index is 15.2. The molecule has 2 aromatic carbocycles. The number of benzene rings is 2. The number of ether oxygens (including phenoxy) is 1. The van der Waals surface area contributed by atoms with Gasteiger partial charge in [0.2, 0.25) is 9.84 Å². The molecule has 1 fully saturated rings. The first-order valence-corrected chi connectivity index (χ1v) is 17.3. The van der Waals surface area contributed by atoms with Crippen LogP contribution in [0, 0.1) is 5.92 Å². The second-order valence-electron chi connectivity index (χ2n) is 12.1. The predicted octanol–water partition coefficient (Wildman–Crippen LogP) is 6.45. The van der Waals surface area contributed by atoms with Crippen LogP contribution < -0.4 is 15.5 Å². The van der Waals surface area contributed by atoms with Gasteiger partial charge in [0.05, 0.1) is 39.1 Å². The van der Waals surface area contributed by atoms with E-state index in [0.717, 1.165) is 17.4 Å². The summed E-state index contributed by atoms with van der Waals surface area (Å²) in [6.45, 7) is 5.42. The largest absolute Gasteiger partial charge is 0.444 e. The van der Waals surface area contributed by atoms with Gasteiger partial charge in [-0.3, -0.25) is 4.79 Å². The van der Waals surface area contributed by atoms with Crippen molar-refractivity contribution in [3.05, 3.63) is 77.6 Å². The summed E-state index contributed by atoms with van der Waals surface area (Å²) in [5.74, 6) is -1.09. The maximum Gasteiger partial charge on any atom is 0.419 e. The lowest BCUT2D eigenvalue weighted by molar-refractivity contribution is -0.139. The zero-order chi connectivity index (χ0) is 34.7. The van der Waals surface area contributed by atoms with E-state index >= 15 is 13.2 Å². The van der Waals surface area contributed by atoms with Gasteiger partial charge in [0.15, 0.2) is 0 Å². The summed E-state index contributed by atoms with van der Waals surface area (Å²) in [7, 11) is -4.65. The number of hydrogen-bond donors (Lipinski definition) is 2. The van der Waals surface area contributed by atoms with Gasteiger partial charge in [-0.2, -0.15) is 23.4 Å². The van der Waals surface area contributed by atoms with Crippen molar-refractivity contribution in [2.24, 2.45) is 5.92 Å². The molecule has 11 nitrogen and oxygen atoms in total. The fraction of sp³-hybridized carbons (Fsp3) is 0.344. The van der Waals surface area contributed by atoms with Crippen LogP contribution in [0.3, 0.4) is 0 Å². The number of halogens is 3. The smallest absolute Gasteiger partial charge is 0.419 e. The van der Waals surface area contributed by atoms with E-state index in [-0.39, 0.29) is 41.8 Å². The van der Waals surface area contributed by atoms with Crippen molar-refractivity contribution in [2.75, 3.05) is 29.9 Å². The summed E-state index contributed by atoms with van der Waals surface area (Å²) in [6, 6.07) is 10.5. The number of anilines is 2. The highest BCUT2D eigenvalue weighted by atomic mass is 32.2. The normalized spacial score (nSPS) is 15.5. The molecule has 1 aliphatic rings. The molecule has 254 valence electrons. The molecule has 2 aromatic heterocycles. The van der Waals surface area contributed by atoms with Gasteiger partial charge in [-0.15, -0.1) is 11.3 Å². The van der Waals surface area contributed by atoms with Crippen molar-refractivity contribution in [1.29, 1.82) is 0 Å². The van der Waals surface area contributed by atoms with Crippen LogP contribution in [0.2, 0.25) is 0 Å². The summed E-state index contributed by atoms with van der Waals surface area (Å²) >= 11 is 1.14. The quantitative estimate of drug-likeness (QED) is 0.212. The zero-order valence-electron chi connectivity index (χ0n) is 26.2. The first-order valence-electron chi connectivity index (χ1n) is 14.9. The molecule has 0 bridgehead atoms. The molecule has 1 atom stereocenters. The Hall–Kier alpha value is -4.57. The minimum atomic E-state index is -5.14. The highest BCUT2D eigenvalue weighted by molar-refractivity contribution is 7.91. The SMILES string of the molecule is CC(C)(C)OC(=O)NC[C@@H]1CCCN(c2c(NC(=O)c3csc(-c4ccnnc4)n3)ccc(S(=O)(=O)c3ccccc3)c2C(F)(F)F)C1. The van der Waals surface area contributed by atoms with Crippen LogP contribution in [0.25, 0.3) is 10.6 Å². The monoisotopic (exact) mass is 702 g/mol. The molecule has 2 N–H and O–H groups in total. The van der Waals surface area contributed by atoms with E-state index in [9.17, 15) is 18.0 Å². The van der Waals surface area contributed by atoms with Crippen molar-refractivity contribution in [2.45, 2.75) is 55.2 Å². The van der Waals surface area contributed by atoms with Crippen molar-refractivity contribution in [1.82, 2.24) is 20.5 Å². The molecular formula is C32H33F3N6O5S2. The van der Waals surface area contributed by atoms with Gasteiger partial charge in [-0.1, -0.05) is 18.2 Å². The van der Waals surface area contributed by atoms with E-state index in [1.54, 1.807) is 32.9 Å². The number of nitrogens with zero attached hydrogens (tertiary/aromatic N) is 4. The molecule has 2 amide bonds. The molecule has 0 saturated carbocycles.